The minimum absolute atomic E-state index is 0.0229. The summed E-state index contributed by atoms with van der Waals surface area (Å²) >= 11 is 0. The van der Waals surface area contributed by atoms with Gasteiger partial charge in [0, 0.05) is 12.1 Å². The van der Waals surface area contributed by atoms with Crippen LogP contribution in [0.15, 0.2) is 78.4 Å². The van der Waals surface area contributed by atoms with Crippen molar-refractivity contribution in [2.24, 2.45) is 0 Å². The Morgan fingerprint density at radius 1 is 0.889 bits per heavy atom. The number of benzene rings is 3. The van der Waals surface area contributed by atoms with Crippen molar-refractivity contribution in [2.75, 3.05) is 14.2 Å². The van der Waals surface area contributed by atoms with Gasteiger partial charge in [-0.05, 0) is 73.5 Å². The number of hydrogen-bond donors (Lipinski definition) is 1. The summed E-state index contributed by atoms with van der Waals surface area (Å²) in [6, 6.07) is 20.4. The van der Waals surface area contributed by atoms with Gasteiger partial charge in [0.1, 0.15) is 23.0 Å². The van der Waals surface area contributed by atoms with Crippen molar-refractivity contribution in [3.8, 4) is 17.2 Å². The monoisotopic (exact) mass is 487 g/mol. The third kappa shape index (κ3) is 5.05. The Bertz CT molecular complexity index is 1300. The lowest BCUT2D eigenvalue weighted by Gasteiger charge is -2.26. The van der Waals surface area contributed by atoms with Crippen LogP contribution in [0.25, 0.3) is 5.76 Å². The summed E-state index contributed by atoms with van der Waals surface area (Å²) < 4.78 is 16.4. The number of carbonyl (C=O) groups excluding carboxylic acids is 2. The summed E-state index contributed by atoms with van der Waals surface area (Å²) in [7, 11) is 3.12. The first-order valence-electron chi connectivity index (χ1n) is 11.6. The number of carbonyl (C=O) groups is 2. The molecule has 1 unspecified atom stereocenters. The highest BCUT2D eigenvalue weighted by Crippen LogP contribution is 2.41. The Hall–Kier alpha value is -4.26. The molecule has 0 spiro atoms. The van der Waals surface area contributed by atoms with Gasteiger partial charge in [-0.15, -0.1) is 0 Å². The Morgan fingerprint density at radius 2 is 1.56 bits per heavy atom. The maximum Gasteiger partial charge on any atom is 0.295 e. The average Bonchev–Trinajstić information content (AvgIpc) is 3.13. The van der Waals surface area contributed by atoms with E-state index in [-0.39, 0.29) is 24.0 Å². The molecule has 0 saturated carbocycles. The van der Waals surface area contributed by atoms with Crippen LogP contribution in [0.2, 0.25) is 0 Å². The van der Waals surface area contributed by atoms with Crippen LogP contribution in [-0.2, 0) is 16.1 Å². The van der Waals surface area contributed by atoms with Crippen LogP contribution >= 0.6 is 0 Å². The smallest absolute Gasteiger partial charge is 0.295 e. The van der Waals surface area contributed by atoms with Crippen LogP contribution < -0.4 is 14.2 Å². The zero-order valence-corrected chi connectivity index (χ0v) is 20.7. The molecule has 1 aliphatic heterocycles. The third-order valence-corrected chi connectivity index (χ3v) is 5.94. The molecule has 1 N–H and O–H groups in total. The normalized spacial score (nSPS) is 16.9. The maximum absolute atomic E-state index is 13.3. The van der Waals surface area contributed by atoms with Gasteiger partial charge in [-0.2, -0.15) is 0 Å². The molecule has 1 heterocycles. The molecule has 3 aromatic carbocycles. The lowest BCUT2D eigenvalue weighted by atomic mass is 9.95. The van der Waals surface area contributed by atoms with Crippen LogP contribution in [0.3, 0.4) is 0 Å². The largest absolute Gasteiger partial charge is 0.507 e. The summed E-state index contributed by atoms with van der Waals surface area (Å²) in [6.45, 7) is 4.00. The number of aliphatic hydroxyl groups is 1. The first-order chi connectivity index (χ1) is 17.3. The molecule has 186 valence electrons. The molecule has 0 aromatic heterocycles. The van der Waals surface area contributed by atoms with Crippen molar-refractivity contribution >= 4 is 17.4 Å². The van der Waals surface area contributed by atoms with Crippen LogP contribution in [0.4, 0.5) is 0 Å². The molecule has 4 rings (SSSR count). The van der Waals surface area contributed by atoms with Crippen molar-refractivity contribution < 1.29 is 28.9 Å². The number of methoxy groups -OCH3 is 2. The topological polar surface area (TPSA) is 85.3 Å². The van der Waals surface area contributed by atoms with E-state index in [9.17, 15) is 14.7 Å². The summed E-state index contributed by atoms with van der Waals surface area (Å²) in [6.07, 6.45) is -0.0531. The molecule has 1 atom stereocenters. The molecule has 0 bridgehead atoms. The van der Waals surface area contributed by atoms with E-state index in [0.717, 1.165) is 5.56 Å². The van der Waals surface area contributed by atoms with Crippen molar-refractivity contribution in [1.29, 1.82) is 0 Å². The molecule has 1 amide bonds. The second-order valence-corrected chi connectivity index (χ2v) is 8.75. The van der Waals surface area contributed by atoms with Gasteiger partial charge in [0.15, 0.2) is 0 Å². The van der Waals surface area contributed by atoms with Gasteiger partial charge < -0.3 is 24.2 Å². The van der Waals surface area contributed by atoms with Gasteiger partial charge in [-0.25, -0.2) is 0 Å². The minimum atomic E-state index is -0.811. The fourth-order valence-corrected chi connectivity index (χ4v) is 4.29. The van der Waals surface area contributed by atoms with E-state index in [0.29, 0.717) is 28.4 Å². The molecule has 0 aliphatic carbocycles. The van der Waals surface area contributed by atoms with Gasteiger partial charge in [-0.1, -0.05) is 24.3 Å². The molecule has 0 radical (unpaired) electrons. The van der Waals surface area contributed by atoms with E-state index in [1.807, 2.05) is 56.3 Å². The van der Waals surface area contributed by atoms with E-state index in [2.05, 4.69) is 0 Å². The average molecular weight is 488 g/mol. The zero-order valence-electron chi connectivity index (χ0n) is 20.7. The van der Waals surface area contributed by atoms with Crippen LogP contribution in [0, 0.1) is 0 Å². The quantitative estimate of drug-likeness (QED) is 0.270. The number of nitrogens with zero attached hydrogens (tertiary/aromatic N) is 1. The van der Waals surface area contributed by atoms with Crippen molar-refractivity contribution in [3.63, 3.8) is 0 Å². The van der Waals surface area contributed by atoms with E-state index in [1.165, 1.54) is 4.90 Å². The SMILES string of the molecule is COc1ccc(/C(O)=C2/C(=O)C(=O)N(Cc3cccc(OC)c3)C2c2cccc(OC(C)C)c2)cc1. The molecular formula is C29H29NO6. The summed E-state index contributed by atoms with van der Waals surface area (Å²) in [5.74, 6) is 0.189. The lowest BCUT2D eigenvalue weighted by molar-refractivity contribution is -0.140. The Kier molecular flexibility index (Phi) is 7.29. The molecule has 1 fully saturated rings. The summed E-state index contributed by atoms with van der Waals surface area (Å²) in [5.41, 5.74) is 1.88. The van der Waals surface area contributed by atoms with Crippen molar-refractivity contribution in [1.82, 2.24) is 4.90 Å². The molecule has 7 heteroatoms. The molecule has 1 aliphatic rings. The highest BCUT2D eigenvalue weighted by atomic mass is 16.5. The zero-order chi connectivity index (χ0) is 25.8. The minimum Gasteiger partial charge on any atom is -0.507 e. The Labute approximate surface area is 210 Å². The van der Waals surface area contributed by atoms with Gasteiger partial charge >= 0.3 is 0 Å². The standard InChI is InChI=1S/C29H29NO6/c1-18(2)36-24-10-6-8-21(16-24)26-25(27(31)20-11-13-22(34-3)14-12-20)28(32)29(33)30(26)17-19-7-5-9-23(15-19)35-4/h5-16,18,26,31H,17H2,1-4H3/b27-25-. The predicted octanol–water partition coefficient (Wildman–Crippen LogP) is 5.11. The fraction of sp³-hybridized carbons (Fsp3) is 0.241. The second kappa shape index (κ2) is 10.6. The number of aliphatic hydroxyl groups excluding tert-OH is 1. The highest BCUT2D eigenvalue weighted by Gasteiger charge is 2.46. The van der Waals surface area contributed by atoms with Crippen molar-refractivity contribution in [3.05, 3.63) is 95.1 Å². The van der Waals surface area contributed by atoms with E-state index >= 15 is 0 Å². The number of likely N-dealkylation sites (tertiary alicyclic amines) is 1. The van der Waals surface area contributed by atoms with E-state index in [1.54, 1.807) is 44.6 Å². The van der Waals surface area contributed by atoms with Gasteiger partial charge in [0.05, 0.1) is 31.9 Å². The number of amides is 1. The highest BCUT2D eigenvalue weighted by molar-refractivity contribution is 6.46. The predicted molar refractivity (Wildman–Crippen MR) is 136 cm³/mol. The van der Waals surface area contributed by atoms with Gasteiger partial charge in [0.25, 0.3) is 11.7 Å². The molecule has 1 saturated heterocycles. The number of ketones is 1. The molecule has 36 heavy (non-hydrogen) atoms. The molecular weight excluding hydrogens is 458 g/mol. The Balaban J connectivity index is 1.84. The van der Waals surface area contributed by atoms with E-state index < -0.39 is 17.7 Å². The van der Waals surface area contributed by atoms with Crippen LogP contribution in [0.1, 0.15) is 36.6 Å². The molecule has 7 nitrogen and oxygen atoms in total. The van der Waals surface area contributed by atoms with Crippen LogP contribution in [-0.4, -0.2) is 42.0 Å². The summed E-state index contributed by atoms with van der Waals surface area (Å²) in [4.78, 5) is 28.1. The maximum atomic E-state index is 13.3. The summed E-state index contributed by atoms with van der Waals surface area (Å²) in [5, 5.41) is 11.3. The number of ether oxygens (including phenoxy) is 3. The lowest BCUT2D eigenvalue weighted by Crippen LogP contribution is -2.29. The Morgan fingerprint density at radius 3 is 2.22 bits per heavy atom. The first-order valence-corrected chi connectivity index (χ1v) is 11.6. The number of Topliss-reactive ketones (excluding diaryl/α,β-unsaturated/α-hetero) is 1. The second-order valence-electron chi connectivity index (χ2n) is 8.75. The number of rotatable bonds is 8. The number of hydrogen-bond acceptors (Lipinski definition) is 6. The van der Waals surface area contributed by atoms with Crippen LogP contribution in [0.5, 0.6) is 17.2 Å². The molecule has 3 aromatic rings. The van der Waals surface area contributed by atoms with Gasteiger partial charge in [0.2, 0.25) is 0 Å². The van der Waals surface area contributed by atoms with E-state index in [4.69, 9.17) is 14.2 Å². The fourth-order valence-electron chi connectivity index (χ4n) is 4.29. The van der Waals surface area contributed by atoms with Gasteiger partial charge in [-0.3, -0.25) is 9.59 Å². The van der Waals surface area contributed by atoms with Crippen molar-refractivity contribution in [2.45, 2.75) is 32.5 Å². The first kappa shape index (κ1) is 24.9. The third-order valence-electron chi connectivity index (χ3n) is 5.94.